The Kier molecular flexibility index (Phi) is 5.69. The summed E-state index contributed by atoms with van der Waals surface area (Å²) in [6.07, 6.45) is 1.98. The van der Waals surface area contributed by atoms with Crippen molar-refractivity contribution in [3.8, 4) is 0 Å². The summed E-state index contributed by atoms with van der Waals surface area (Å²) in [4.78, 5) is 24.4. The van der Waals surface area contributed by atoms with E-state index in [1.165, 1.54) is 0 Å². The third-order valence-electron chi connectivity index (χ3n) is 4.10. The zero-order valence-electron chi connectivity index (χ0n) is 14.2. The van der Waals surface area contributed by atoms with Crippen LogP contribution >= 0.6 is 23.2 Å². The number of hydrogen-bond acceptors (Lipinski definition) is 2. The fraction of sp³-hybridized carbons (Fsp3) is 0.263. The predicted octanol–water partition coefficient (Wildman–Crippen LogP) is 4.77. The van der Waals surface area contributed by atoms with E-state index in [4.69, 9.17) is 23.2 Å². The predicted molar refractivity (Wildman–Crippen MR) is 104 cm³/mol. The first-order chi connectivity index (χ1) is 12.4. The van der Waals surface area contributed by atoms with Gasteiger partial charge in [0.15, 0.2) is 0 Å². The van der Waals surface area contributed by atoms with Gasteiger partial charge in [-0.3, -0.25) is 4.79 Å². The summed E-state index contributed by atoms with van der Waals surface area (Å²) >= 11 is 12.0. The molecular weight excluding hydrogens is 373 g/mol. The summed E-state index contributed by atoms with van der Waals surface area (Å²) in [6, 6.07) is 11.8. The Balaban J connectivity index is 1.63. The van der Waals surface area contributed by atoms with Crippen LogP contribution in [0.2, 0.25) is 10.0 Å². The molecule has 0 saturated heterocycles. The monoisotopic (exact) mass is 391 g/mol. The number of amides is 3. The van der Waals surface area contributed by atoms with Crippen LogP contribution in [0, 0.1) is 0 Å². The van der Waals surface area contributed by atoms with Gasteiger partial charge in [0.2, 0.25) is 0 Å². The fourth-order valence-electron chi connectivity index (χ4n) is 2.47. The molecule has 2 aromatic rings. The lowest BCUT2D eigenvalue weighted by Crippen LogP contribution is -2.31. The van der Waals surface area contributed by atoms with Crippen molar-refractivity contribution >= 4 is 40.8 Å². The Morgan fingerprint density at radius 1 is 1.08 bits per heavy atom. The van der Waals surface area contributed by atoms with Gasteiger partial charge in [0.05, 0.1) is 16.6 Å². The van der Waals surface area contributed by atoms with Crippen molar-refractivity contribution in [2.45, 2.75) is 31.8 Å². The quantitative estimate of drug-likeness (QED) is 0.686. The molecule has 0 aromatic heterocycles. The number of hydrogen-bond donors (Lipinski definition) is 3. The number of urea groups is 1. The van der Waals surface area contributed by atoms with Gasteiger partial charge in [-0.15, -0.1) is 0 Å². The van der Waals surface area contributed by atoms with Crippen LogP contribution in [0.3, 0.4) is 0 Å². The van der Waals surface area contributed by atoms with Crippen LogP contribution in [0.25, 0.3) is 0 Å². The summed E-state index contributed by atoms with van der Waals surface area (Å²) in [5.41, 5.74) is 1.78. The SMILES string of the molecule is CC(NC(=O)Nc1ccc(Cl)c(C(=O)NC2CC2)c1)c1ccc(Cl)cc1. The molecule has 0 bridgehead atoms. The van der Waals surface area contributed by atoms with Gasteiger partial charge >= 0.3 is 6.03 Å². The third-order valence-corrected chi connectivity index (χ3v) is 4.68. The second kappa shape index (κ2) is 7.98. The zero-order valence-corrected chi connectivity index (χ0v) is 15.7. The van der Waals surface area contributed by atoms with E-state index in [2.05, 4.69) is 16.0 Å². The van der Waals surface area contributed by atoms with Crippen molar-refractivity contribution in [1.29, 1.82) is 0 Å². The third kappa shape index (κ3) is 4.90. The highest BCUT2D eigenvalue weighted by Gasteiger charge is 2.25. The molecule has 5 nitrogen and oxygen atoms in total. The molecule has 0 aliphatic heterocycles. The van der Waals surface area contributed by atoms with Crippen LogP contribution in [-0.2, 0) is 0 Å². The van der Waals surface area contributed by atoms with Crippen LogP contribution in [-0.4, -0.2) is 18.0 Å². The van der Waals surface area contributed by atoms with Crippen molar-refractivity contribution < 1.29 is 9.59 Å². The molecule has 3 N–H and O–H groups in total. The first-order valence-corrected chi connectivity index (χ1v) is 9.11. The minimum Gasteiger partial charge on any atom is -0.349 e. The van der Waals surface area contributed by atoms with E-state index in [-0.39, 0.29) is 24.0 Å². The Hall–Kier alpha value is -2.24. The van der Waals surface area contributed by atoms with E-state index in [9.17, 15) is 9.59 Å². The first-order valence-electron chi connectivity index (χ1n) is 8.36. The summed E-state index contributed by atoms with van der Waals surface area (Å²) in [6.45, 7) is 1.87. The molecule has 7 heteroatoms. The molecule has 1 aliphatic carbocycles. The molecule has 1 unspecified atom stereocenters. The van der Waals surface area contributed by atoms with E-state index < -0.39 is 0 Å². The van der Waals surface area contributed by atoms with Crippen molar-refractivity contribution in [3.63, 3.8) is 0 Å². The Bertz CT molecular complexity index is 820. The Labute approximate surface area is 162 Å². The van der Waals surface area contributed by atoms with E-state index in [0.29, 0.717) is 21.3 Å². The molecule has 26 heavy (non-hydrogen) atoms. The average Bonchev–Trinajstić information content (AvgIpc) is 3.41. The van der Waals surface area contributed by atoms with E-state index in [0.717, 1.165) is 18.4 Å². The standard InChI is InChI=1S/C19H19Cl2N3O2/c1-11(12-2-4-13(20)5-3-12)22-19(26)24-15-8-9-17(21)16(10-15)18(25)23-14-6-7-14/h2-5,8-11,14H,6-7H2,1H3,(H,23,25)(H2,22,24,26). The molecule has 136 valence electrons. The normalized spacial score (nSPS) is 14.4. The Morgan fingerprint density at radius 3 is 2.42 bits per heavy atom. The van der Waals surface area contributed by atoms with Crippen LogP contribution in [0.15, 0.2) is 42.5 Å². The molecular formula is C19H19Cl2N3O2. The highest BCUT2D eigenvalue weighted by Crippen LogP contribution is 2.24. The number of benzene rings is 2. The van der Waals surface area contributed by atoms with Gasteiger partial charge in [-0.25, -0.2) is 4.79 Å². The molecule has 3 amide bonds. The summed E-state index contributed by atoms with van der Waals surface area (Å²) < 4.78 is 0. The maximum Gasteiger partial charge on any atom is 0.319 e. The number of nitrogens with one attached hydrogen (secondary N) is 3. The minimum atomic E-state index is -0.372. The maximum atomic E-state index is 12.2. The smallest absolute Gasteiger partial charge is 0.319 e. The maximum absolute atomic E-state index is 12.2. The van der Waals surface area contributed by atoms with Crippen LogP contribution in [0.1, 0.15) is 41.7 Å². The van der Waals surface area contributed by atoms with Crippen molar-refractivity contribution in [1.82, 2.24) is 10.6 Å². The average molecular weight is 392 g/mol. The lowest BCUT2D eigenvalue weighted by Gasteiger charge is -2.16. The van der Waals surface area contributed by atoms with Crippen molar-refractivity contribution in [2.75, 3.05) is 5.32 Å². The number of carbonyl (C=O) groups excluding carboxylic acids is 2. The van der Waals surface area contributed by atoms with Crippen LogP contribution in [0.4, 0.5) is 10.5 Å². The molecule has 1 atom stereocenters. The van der Waals surface area contributed by atoms with Gasteiger partial charge in [-0.1, -0.05) is 35.3 Å². The number of rotatable bonds is 5. The Morgan fingerprint density at radius 2 is 1.77 bits per heavy atom. The van der Waals surface area contributed by atoms with Crippen LogP contribution < -0.4 is 16.0 Å². The highest BCUT2D eigenvalue weighted by atomic mass is 35.5. The van der Waals surface area contributed by atoms with Gasteiger partial charge in [0, 0.05) is 16.8 Å². The molecule has 3 rings (SSSR count). The van der Waals surface area contributed by atoms with Gasteiger partial charge in [-0.2, -0.15) is 0 Å². The lowest BCUT2D eigenvalue weighted by molar-refractivity contribution is 0.0951. The summed E-state index contributed by atoms with van der Waals surface area (Å²) in [5.74, 6) is -0.226. The summed E-state index contributed by atoms with van der Waals surface area (Å²) in [5, 5.41) is 9.45. The van der Waals surface area contributed by atoms with E-state index in [1.54, 1.807) is 30.3 Å². The second-order valence-electron chi connectivity index (χ2n) is 6.31. The largest absolute Gasteiger partial charge is 0.349 e. The van der Waals surface area contributed by atoms with Gasteiger partial charge in [0.25, 0.3) is 5.91 Å². The fourth-order valence-corrected chi connectivity index (χ4v) is 2.80. The zero-order chi connectivity index (χ0) is 18.7. The topological polar surface area (TPSA) is 70.2 Å². The molecule has 0 spiro atoms. The number of anilines is 1. The number of carbonyl (C=O) groups is 2. The lowest BCUT2D eigenvalue weighted by atomic mass is 10.1. The van der Waals surface area contributed by atoms with Crippen LogP contribution in [0.5, 0.6) is 0 Å². The molecule has 1 saturated carbocycles. The molecule has 0 radical (unpaired) electrons. The van der Waals surface area contributed by atoms with Crippen molar-refractivity contribution in [2.24, 2.45) is 0 Å². The van der Waals surface area contributed by atoms with Crippen molar-refractivity contribution in [3.05, 3.63) is 63.6 Å². The van der Waals surface area contributed by atoms with Gasteiger partial charge in [0.1, 0.15) is 0 Å². The summed E-state index contributed by atoms with van der Waals surface area (Å²) in [7, 11) is 0. The van der Waals surface area contributed by atoms with Gasteiger partial charge in [-0.05, 0) is 55.7 Å². The van der Waals surface area contributed by atoms with E-state index in [1.807, 2.05) is 19.1 Å². The highest BCUT2D eigenvalue weighted by molar-refractivity contribution is 6.34. The molecule has 1 aliphatic rings. The molecule has 0 heterocycles. The van der Waals surface area contributed by atoms with Gasteiger partial charge < -0.3 is 16.0 Å². The van der Waals surface area contributed by atoms with E-state index >= 15 is 0 Å². The first kappa shape index (κ1) is 18.5. The minimum absolute atomic E-state index is 0.197. The molecule has 1 fully saturated rings. The second-order valence-corrected chi connectivity index (χ2v) is 7.16. The molecule has 2 aromatic carbocycles. The number of halogens is 2.